The predicted molar refractivity (Wildman–Crippen MR) is 73.3 cm³/mol. The minimum absolute atomic E-state index is 0.249. The smallest absolute Gasteiger partial charge is 0.120 e. The molecule has 1 aliphatic rings. The van der Waals surface area contributed by atoms with Crippen LogP contribution >= 0.6 is 0 Å². The van der Waals surface area contributed by atoms with Gasteiger partial charge in [0.05, 0.1) is 7.11 Å². The monoisotopic (exact) mass is 249 g/mol. The third-order valence-electron chi connectivity index (χ3n) is 3.94. The second-order valence-electron chi connectivity index (χ2n) is 5.63. The summed E-state index contributed by atoms with van der Waals surface area (Å²) in [5, 5.41) is 3.40. The fourth-order valence-corrected chi connectivity index (χ4v) is 2.87. The molecular weight excluding hydrogens is 226 g/mol. The Kier molecular flexibility index (Phi) is 3.81. The van der Waals surface area contributed by atoms with Gasteiger partial charge in [0.25, 0.3) is 0 Å². The number of rotatable bonds is 4. The zero-order chi connectivity index (χ0) is 13.2. The topological polar surface area (TPSA) is 30.5 Å². The summed E-state index contributed by atoms with van der Waals surface area (Å²) in [5.74, 6) is 1.78. The van der Waals surface area contributed by atoms with Gasteiger partial charge in [0, 0.05) is 6.04 Å². The van der Waals surface area contributed by atoms with Gasteiger partial charge in [-0.1, -0.05) is 13.8 Å². The average Bonchev–Trinajstić information content (AvgIpc) is 2.65. The molecular formula is C15H23NO2. The lowest BCUT2D eigenvalue weighted by Crippen LogP contribution is -2.44. The highest BCUT2D eigenvalue weighted by molar-refractivity contribution is 5.31. The van der Waals surface area contributed by atoms with E-state index < -0.39 is 0 Å². The van der Waals surface area contributed by atoms with Crippen molar-refractivity contribution in [3.05, 3.63) is 24.3 Å². The van der Waals surface area contributed by atoms with Gasteiger partial charge in [-0.25, -0.2) is 0 Å². The summed E-state index contributed by atoms with van der Waals surface area (Å²) in [6.07, 6.45) is 2.54. The molecule has 2 unspecified atom stereocenters. The minimum Gasteiger partial charge on any atom is -0.497 e. The number of methoxy groups -OCH3 is 1. The van der Waals surface area contributed by atoms with E-state index in [9.17, 15) is 0 Å². The van der Waals surface area contributed by atoms with Gasteiger partial charge in [-0.3, -0.25) is 0 Å². The van der Waals surface area contributed by atoms with Crippen LogP contribution in [-0.2, 0) is 0 Å². The Morgan fingerprint density at radius 2 is 1.78 bits per heavy atom. The maximum atomic E-state index is 6.10. The van der Waals surface area contributed by atoms with E-state index in [1.54, 1.807) is 7.11 Å². The number of hydrogen-bond acceptors (Lipinski definition) is 3. The van der Waals surface area contributed by atoms with Crippen LogP contribution in [0.2, 0.25) is 0 Å². The molecule has 2 atom stereocenters. The van der Waals surface area contributed by atoms with Crippen LogP contribution in [0.25, 0.3) is 0 Å². The van der Waals surface area contributed by atoms with Crippen molar-refractivity contribution in [1.29, 1.82) is 0 Å². The fourth-order valence-electron chi connectivity index (χ4n) is 2.87. The maximum Gasteiger partial charge on any atom is 0.120 e. The molecule has 0 heterocycles. The molecule has 1 aromatic carbocycles. The molecule has 0 saturated heterocycles. The fraction of sp³-hybridized carbons (Fsp3) is 0.600. The number of likely N-dealkylation sites (N-methyl/N-ethyl adjacent to an activating group) is 1. The van der Waals surface area contributed by atoms with Gasteiger partial charge in [-0.15, -0.1) is 0 Å². The lowest BCUT2D eigenvalue weighted by Gasteiger charge is -2.30. The van der Waals surface area contributed by atoms with E-state index in [1.165, 1.54) is 6.42 Å². The van der Waals surface area contributed by atoms with Gasteiger partial charge < -0.3 is 14.8 Å². The SMILES string of the molecule is CNC1C(Oc2ccc(OC)cc2)CCC1(C)C. The normalized spacial score (nSPS) is 26.0. The lowest BCUT2D eigenvalue weighted by molar-refractivity contribution is 0.146. The first-order chi connectivity index (χ1) is 8.56. The van der Waals surface area contributed by atoms with E-state index in [0.29, 0.717) is 11.5 Å². The Labute approximate surface area is 109 Å². The summed E-state index contributed by atoms with van der Waals surface area (Å²) in [5.41, 5.74) is 0.298. The maximum absolute atomic E-state index is 6.10. The van der Waals surface area contributed by atoms with Crippen LogP contribution in [0.15, 0.2) is 24.3 Å². The zero-order valence-corrected chi connectivity index (χ0v) is 11.7. The first-order valence-corrected chi connectivity index (χ1v) is 6.55. The lowest BCUT2D eigenvalue weighted by atomic mass is 9.87. The van der Waals surface area contributed by atoms with Crippen molar-refractivity contribution in [3.63, 3.8) is 0 Å². The number of benzene rings is 1. The predicted octanol–water partition coefficient (Wildman–Crippen LogP) is 2.85. The van der Waals surface area contributed by atoms with Gasteiger partial charge >= 0.3 is 0 Å². The van der Waals surface area contributed by atoms with Crippen LogP contribution < -0.4 is 14.8 Å². The molecule has 0 bridgehead atoms. The summed E-state index contributed by atoms with van der Waals surface area (Å²) in [6.45, 7) is 4.59. The van der Waals surface area contributed by atoms with E-state index in [2.05, 4.69) is 19.2 Å². The molecule has 1 aliphatic carbocycles. The Balaban J connectivity index is 2.04. The highest BCUT2D eigenvalue weighted by atomic mass is 16.5. The van der Waals surface area contributed by atoms with Crippen LogP contribution in [-0.4, -0.2) is 26.3 Å². The molecule has 0 aliphatic heterocycles. The van der Waals surface area contributed by atoms with E-state index in [4.69, 9.17) is 9.47 Å². The van der Waals surface area contributed by atoms with Gasteiger partial charge in [0.2, 0.25) is 0 Å². The number of hydrogen-bond donors (Lipinski definition) is 1. The second kappa shape index (κ2) is 5.19. The first kappa shape index (κ1) is 13.2. The molecule has 18 heavy (non-hydrogen) atoms. The molecule has 0 amide bonds. The van der Waals surface area contributed by atoms with Crippen molar-refractivity contribution in [2.24, 2.45) is 5.41 Å². The van der Waals surface area contributed by atoms with Crippen LogP contribution in [0, 0.1) is 5.41 Å². The van der Waals surface area contributed by atoms with Crippen LogP contribution in [0.1, 0.15) is 26.7 Å². The summed E-state index contributed by atoms with van der Waals surface area (Å²) in [4.78, 5) is 0. The first-order valence-electron chi connectivity index (χ1n) is 6.55. The quantitative estimate of drug-likeness (QED) is 0.890. The second-order valence-corrected chi connectivity index (χ2v) is 5.63. The van der Waals surface area contributed by atoms with Crippen molar-refractivity contribution >= 4 is 0 Å². The standard InChI is InChI=1S/C15H23NO2/c1-15(2)10-9-13(14(15)16-3)18-12-7-5-11(17-4)6-8-12/h5-8,13-14,16H,9-10H2,1-4H3. The van der Waals surface area contributed by atoms with Gasteiger partial charge in [-0.05, 0) is 49.6 Å². The van der Waals surface area contributed by atoms with Crippen molar-refractivity contribution in [2.45, 2.75) is 38.8 Å². The van der Waals surface area contributed by atoms with Crippen LogP contribution in [0.5, 0.6) is 11.5 Å². The molecule has 1 N–H and O–H groups in total. The average molecular weight is 249 g/mol. The third kappa shape index (κ3) is 2.61. The highest BCUT2D eigenvalue weighted by Gasteiger charge is 2.42. The van der Waals surface area contributed by atoms with E-state index >= 15 is 0 Å². The molecule has 2 rings (SSSR count). The van der Waals surface area contributed by atoms with E-state index in [1.807, 2.05) is 31.3 Å². The molecule has 3 heteroatoms. The van der Waals surface area contributed by atoms with Crippen molar-refractivity contribution in [2.75, 3.05) is 14.2 Å². The van der Waals surface area contributed by atoms with Gasteiger partial charge in [0.15, 0.2) is 0 Å². The summed E-state index contributed by atoms with van der Waals surface area (Å²) < 4.78 is 11.2. The van der Waals surface area contributed by atoms with Crippen molar-refractivity contribution in [1.82, 2.24) is 5.32 Å². The summed E-state index contributed by atoms with van der Waals surface area (Å²) in [7, 11) is 3.69. The number of nitrogens with one attached hydrogen (secondary N) is 1. The third-order valence-corrected chi connectivity index (χ3v) is 3.94. The summed E-state index contributed by atoms with van der Waals surface area (Å²) in [6, 6.07) is 8.21. The van der Waals surface area contributed by atoms with Crippen LogP contribution in [0.4, 0.5) is 0 Å². The molecule has 100 valence electrons. The Morgan fingerprint density at radius 1 is 1.17 bits per heavy atom. The largest absolute Gasteiger partial charge is 0.497 e. The molecule has 0 radical (unpaired) electrons. The van der Waals surface area contributed by atoms with Gasteiger partial charge in [0.1, 0.15) is 17.6 Å². The molecule has 1 fully saturated rings. The molecule has 1 aromatic rings. The molecule has 0 spiro atoms. The van der Waals surface area contributed by atoms with Crippen molar-refractivity contribution in [3.8, 4) is 11.5 Å². The molecule has 1 saturated carbocycles. The van der Waals surface area contributed by atoms with Gasteiger partial charge in [-0.2, -0.15) is 0 Å². The minimum atomic E-state index is 0.249. The number of ether oxygens (including phenoxy) is 2. The Hall–Kier alpha value is -1.22. The Bertz CT molecular complexity index is 386. The van der Waals surface area contributed by atoms with E-state index in [-0.39, 0.29) is 6.10 Å². The summed E-state index contributed by atoms with van der Waals surface area (Å²) >= 11 is 0. The zero-order valence-electron chi connectivity index (χ0n) is 11.7. The highest BCUT2D eigenvalue weighted by Crippen LogP contribution is 2.39. The molecule has 3 nitrogen and oxygen atoms in total. The Morgan fingerprint density at radius 3 is 2.33 bits per heavy atom. The van der Waals surface area contributed by atoms with Crippen LogP contribution in [0.3, 0.4) is 0 Å². The van der Waals surface area contributed by atoms with E-state index in [0.717, 1.165) is 17.9 Å². The molecule has 0 aromatic heterocycles. The van der Waals surface area contributed by atoms with Crippen molar-refractivity contribution < 1.29 is 9.47 Å².